The maximum atomic E-state index is 14.0. The van der Waals surface area contributed by atoms with Crippen LogP contribution >= 0.6 is 34.8 Å². The van der Waals surface area contributed by atoms with E-state index in [1.54, 1.807) is 12.1 Å². The van der Waals surface area contributed by atoms with E-state index < -0.39 is 17.5 Å². The summed E-state index contributed by atoms with van der Waals surface area (Å²) < 4.78 is 40.5. The molecule has 19 heteroatoms. The monoisotopic (exact) mass is 1430 g/mol. The Balaban J connectivity index is 0.000000128. The lowest BCUT2D eigenvalue weighted by Crippen LogP contribution is -2.20. The van der Waals surface area contributed by atoms with E-state index in [4.69, 9.17) is 75.8 Å². The van der Waals surface area contributed by atoms with E-state index >= 15 is 0 Å². The van der Waals surface area contributed by atoms with Crippen molar-refractivity contribution in [1.29, 1.82) is 0 Å². The zero-order chi connectivity index (χ0) is 72.0. The van der Waals surface area contributed by atoms with Gasteiger partial charge in [0, 0.05) is 143 Å². The number of rotatable bonds is 11. The van der Waals surface area contributed by atoms with Crippen LogP contribution in [0.15, 0.2) is 158 Å². The molecule has 0 aliphatic carbocycles. The molecule has 10 aromatic carbocycles. The van der Waals surface area contributed by atoms with Gasteiger partial charge in [0.05, 0.1) is 6.57 Å². The number of hydrogen-bond donors (Lipinski definition) is 11. The minimum atomic E-state index is -0.569. The highest BCUT2D eigenvalue weighted by Gasteiger charge is 2.27. The van der Waals surface area contributed by atoms with Crippen molar-refractivity contribution in [3.8, 4) is 55.6 Å². The van der Waals surface area contributed by atoms with Crippen molar-refractivity contribution in [3.05, 3.63) is 268 Å². The molecular weight excluding hydrogens is 1340 g/mol. The first-order valence-electron chi connectivity index (χ1n) is 34.8. The summed E-state index contributed by atoms with van der Waals surface area (Å²) in [5.74, 6) is -1.88. The number of carbonyl (C=O) groups is 1. The standard InChI is InChI=1S/C17H18ClN3O.C17H16ClN3.C17H20N2.C16H16ClFN2.C16H16F2N2/c18-14-6-2-1-4-11(14)16-12(17(20)22)8-15-10(13(16)9-19)5-3-7-21-15;1-20-16-9-15-11(6-4-8-21-15)13(10-19)17(16)12-5-2-3-7-14(12)18;1-12-5-2-3-6-13(12)14-8-9-17-15(16(14)11-18)7-4-10-19-17;17-15-5-3-10(18)8-13(15)11-4-6-16-12(14(11)9-19)2-1-7-20-16;17-10-3-4-12(15(18)8-10)11-5-6-16-13(14(11)9-19)2-1-7-20-16/h1-2,4,6,8,21H,3,5,7,9,19H2,(H2,20,22);2-3,5,7,9,21H,4,6,8,10,19H2;2-3,5-6,8-9,19H,4,7,10-11,18H2,1H3;2*3-6,8,20H,1-2,7,9,19H2. The lowest BCUT2D eigenvalue weighted by Gasteiger charge is -2.25. The fourth-order valence-corrected chi connectivity index (χ4v) is 15.4. The molecule has 0 unspecified atom stereocenters. The van der Waals surface area contributed by atoms with E-state index in [1.165, 1.54) is 75.3 Å². The molecule has 15 rings (SSSR count). The van der Waals surface area contributed by atoms with Gasteiger partial charge in [-0.3, -0.25) is 4.79 Å². The third-order valence-electron chi connectivity index (χ3n) is 19.5. The molecule has 5 heterocycles. The molecule has 17 N–H and O–H groups in total. The number of nitrogens with one attached hydrogen (secondary N) is 5. The predicted molar refractivity (Wildman–Crippen MR) is 417 cm³/mol. The Labute approximate surface area is 610 Å². The summed E-state index contributed by atoms with van der Waals surface area (Å²) in [6.45, 7) is 16.6. The number of benzene rings is 10. The van der Waals surface area contributed by atoms with Crippen molar-refractivity contribution in [2.24, 2.45) is 34.4 Å². The van der Waals surface area contributed by atoms with Crippen molar-refractivity contribution < 1.29 is 18.0 Å². The fourth-order valence-electron chi connectivity index (χ4n) is 14.7. The van der Waals surface area contributed by atoms with E-state index in [2.05, 4.69) is 74.8 Å². The Kier molecular flexibility index (Phi) is 25.0. The molecular formula is C83H86Cl3F3N12O. The van der Waals surface area contributed by atoms with Crippen molar-refractivity contribution in [2.75, 3.05) is 59.3 Å². The van der Waals surface area contributed by atoms with Crippen LogP contribution in [0.5, 0.6) is 0 Å². The number of halogens is 6. The molecule has 526 valence electrons. The number of fused-ring (bicyclic) bond motifs is 5. The second-order valence-electron chi connectivity index (χ2n) is 25.6. The molecule has 0 aromatic heterocycles. The summed E-state index contributed by atoms with van der Waals surface area (Å²) in [6, 6.07) is 47.7. The number of anilines is 5. The van der Waals surface area contributed by atoms with Crippen LogP contribution in [0.3, 0.4) is 0 Å². The minimum Gasteiger partial charge on any atom is -0.386 e. The van der Waals surface area contributed by atoms with Gasteiger partial charge in [-0.2, -0.15) is 0 Å². The molecule has 0 atom stereocenters. The second kappa shape index (κ2) is 34.5. The Morgan fingerprint density at radius 3 is 1.21 bits per heavy atom. The molecule has 0 bridgehead atoms. The average molecular weight is 1430 g/mol. The highest BCUT2D eigenvalue weighted by Crippen LogP contribution is 2.45. The van der Waals surface area contributed by atoms with E-state index in [0.29, 0.717) is 70.2 Å². The third-order valence-corrected chi connectivity index (χ3v) is 20.5. The zero-order valence-corrected chi connectivity index (χ0v) is 59.5. The van der Waals surface area contributed by atoms with Crippen LogP contribution in [0.25, 0.3) is 60.5 Å². The highest BCUT2D eigenvalue weighted by atomic mass is 35.5. The molecule has 1 amide bonds. The quantitative estimate of drug-likeness (QED) is 0.0545. The van der Waals surface area contributed by atoms with Gasteiger partial charge in [-0.05, 0) is 239 Å². The Morgan fingerprint density at radius 1 is 0.402 bits per heavy atom. The van der Waals surface area contributed by atoms with Gasteiger partial charge in [-0.15, -0.1) is 0 Å². The third kappa shape index (κ3) is 16.3. The Hall–Kier alpha value is -9.38. The molecule has 13 nitrogen and oxygen atoms in total. The lowest BCUT2D eigenvalue weighted by molar-refractivity contribution is 0.100. The Bertz CT molecular complexity index is 4770. The van der Waals surface area contributed by atoms with Gasteiger partial charge in [0.15, 0.2) is 5.69 Å². The number of nitrogens with zero attached hydrogens (tertiary/aromatic N) is 1. The van der Waals surface area contributed by atoms with Crippen LogP contribution in [0.4, 0.5) is 47.3 Å². The van der Waals surface area contributed by atoms with Crippen LogP contribution in [-0.4, -0.2) is 38.6 Å². The SMILES string of the molecule is Cc1ccccc1-c1ccc2c(c1CN)CCCN2.NCc1c(-c2cc(F)ccc2Cl)ccc2c1CCCN2.NCc1c(-c2ccc(F)cc2F)ccc2c1CCCN2.NCc1c2c(cc(C(N)=O)c1-c1ccccc1Cl)NCCC2.[C-]#[N+]c1cc2c(c(CN)c1-c1ccccc1Cl)CCCN2. The predicted octanol–water partition coefficient (Wildman–Crippen LogP) is 18.2. The van der Waals surface area contributed by atoms with Gasteiger partial charge in [0.1, 0.15) is 17.5 Å². The van der Waals surface area contributed by atoms with Crippen LogP contribution in [0.2, 0.25) is 15.1 Å². The van der Waals surface area contributed by atoms with Crippen LogP contribution in [0.1, 0.15) is 104 Å². The fraction of sp³-hybridized carbons (Fsp3) is 0.253. The number of primary amides is 1. The molecule has 0 spiro atoms. The summed E-state index contributed by atoms with van der Waals surface area (Å²) in [4.78, 5) is 15.7. The second-order valence-corrected chi connectivity index (χ2v) is 26.8. The molecule has 5 aliphatic rings. The van der Waals surface area contributed by atoms with E-state index in [9.17, 15) is 18.0 Å². The van der Waals surface area contributed by atoms with Gasteiger partial charge in [-0.1, -0.05) is 114 Å². The Morgan fingerprint density at radius 2 is 0.765 bits per heavy atom. The number of aryl methyl sites for hydroxylation is 1. The minimum absolute atomic E-state index is 0.289. The molecule has 0 radical (unpaired) electrons. The van der Waals surface area contributed by atoms with Crippen LogP contribution in [0, 0.1) is 30.9 Å². The maximum absolute atomic E-state index is 14.0. The van der Waals surface area contributed by atoms with Crippen molar-refractivity contribution in [2.45, 2.75) is 104 Å². The van der Waals surface area contributed by atoms with E-state index in [0.717, 1.165) is 186 Å². The van der Waals surface area contributed by atoms with Gasteiger partial charge >= 0.3 is 0 Å². The van der Waals surface area contributed by atoms with Gasteiger partial charge in [0.2, 0.25) is 5.91 Å². The van der Waals surface area contributed by atoms with Crippen molar-refractivity contribution >= 4 is 74.8 Å². The van der Waals surface area contributed by atoms with Crippen molar-refractivity contribution in [1.82, 2.24) is 0 Å². The molecule has 0 saturated carbocycles. The largest absolute Gasteiger partial charge is 0.386 e. The van der Waals surface area contributed by atoms with Gasteiger partial charge < -0.3 is 61.0 Å². The summed E-state index contributed by atoms with van der Waals surface area (Å²) >= 11 is 18.9. The van der Waals surface area contributed by atoms with Crippen LogP contribution in [-0.2, 0) is 64.8 Å². The summed E-state index contributed by atoms with van der Waals surface area (Å²) in [6.07, 6.45) is 10.4. The number of hydrogen-bond acceptors (Lipinski definition) is 11. The molecule has 102 heavy (non-hydrogen) atoms. The highest BCUT2D eigenvalue weighted by molar-refractivity contribution is 6.34. The number of carbonyl (C=O) groups excluding carboxylic acids is 1. The summed E-state index contributed by atoms with van der Waals surface area (Å²) in [5, 5.41) is 18.7. The first kappa shape index (κ1) is 73.8. The first-order chi connectivity index (χ1) is 49.6. The summed E-state index contributed by atoms with van der Waals surface area (Å²) in [7, 11) is 0. The normalized spacial score (nSPS) is 13.6. The molecule has 5 aliphatic heterocycles. The molecule has 0 saturated heterocycles. The van der Waals surface area contributed by atoms with Gasteiger partial charge in [0.25, 0.3) is 0 Å². The molecule has 10 aromatic rings. The average Bonchev–Trinajstić information content (AvgIpc) is 0.798. The van der Waals surface area contributed by atoms with Crippen molar-refractivity contribution in [3.63, 3.8) is 0 Å². The topological polar surface area (TPSA) is 238 Å². The zero-order valence-electron chi connectivity index (χ0n) is 57.2. The summed E-state index contributed by atoms with van der Waals surface area (Å²) in [5.41, 5.74) is 63.5. The van der Waals surface area contributed by atoms with Gasteiger partial charge in [-0.25, -0.2) is 18.0 Å². The first-order valence-corrected chi connectivity index (χ1v) is 35.9. The van der Waals surface area contributed by atoms with E-state index in [-0.39, 0.29) is 5.82 Å². The number of nitrogens with two attached hydrogens (primary N) is 6. The van der Waals surface area contributed by atoms with Crippen LogP contribution < -0.4 is 61.0 Å². The maximum Gasteiger partial charge on any atom is 0.249 e. The smallest absolute Gasteiger partial charge is 0.249 e. The van der Waals surface area contributed by atoms with E-state index in [1.807, 2.05) is 78.9 Å². The lowest BCUT2D eigenvalue weighted by atomic mass is 9.86. The number of amides is 1. The molecule has 0 fully saturated rings.